The van der Waals surface area contributed by atoms with E-state index >= 15 is 0 Å². The van der Waals surface area contributed by atoms with Gasteiger partial charge >= 0.3 is 5.97 Å². The van der Waals surface area contributed by atoms with Crippen molar-refractivity contribution < 1.29 is 9.90 Å². The lowest BCUT2D eigenvalue weighted by molar-refractivity contribution is 0.0698. The molecule has 0 saturated carbocycles. The van der Waals surface area contributed by atoms with Gasteiger partial charge in [0.25, 0.3) is 0 Å². The molecule has 13 heavy (non-hydrogen) atoms. The molecule has 0 atom stereocenters. The van der Waals surface area contributed by atoms with E-state index in [0.29, 0.717) is 10.6 Å². The number of halogens is 2. The molecule has 0 spiro atoms. The standard InChI is InChI=1S/C8H7Cl2NO2/c1-3-5(9)2-4(8(12)13)7(11)6(3)10/h2H,11H2,1H3,(H,12,13). The quantitative estimate of drug-likeness (QED) is 0.715. The minimum Gasteiger partial charge on any atom is -0.478 e. The van der Waals surface area contributed by atoms with E-state index in [2.05, 4.69) is 0 Å². The number of nitrogen functional groups attached to an aromatic ring is 1. The highest BCUT2D eigenvalue weighted by atomic mass is 35.5. The minimum absolute atomic E-state index is 0.0519. The Hall–Kier alpha value is -0.930. The van der Waals surface area contributed by atoms with Gasteiger partial charge in [-0.3, -0.25) is 0 Å². The van der Waals surface area contributed by atoms with E-state index in [0.717, 1.165) is 0 Å². The summed E-state index contributed by atoms with van der Waals surface area (Å²) in [4.78, 5) is 10.6. The van der Waals surface area contributed by atoms with Crippen LogP contribution in [-0.2, 0) is 0 Å². The van der Waals surface area contributed by atoms with Crippen LogP contribution in [0.5, 0.6) is 0 Å². The highest BCUT2D eigenvalue weighted by molar-refractivity contribution is 6.38. The second-order valence-corrected chi connectivity index (χ2v) is 3.35. The van der Waals surface area contributed by atoms with Crippen molar-refractivity contribution >= 4 is 34.9 Å². The molecular formula is C8H7Cl2NO2. The maximum Gasteiger partial charge on any atom is 0.337 e. The van der Waals surface area contributed by atoms with Gasteiger partial charge in [-0.2, -0.15) is 0 Å². The van der Waals surface area contributed by atoms with Gasteiger partial charge in [-0.1, -0.05) is 23.2 Å². The molecule has 3 N–H and O–H groups in total. The van der Waals surface area contributed by atoms with Gasteiger partial charge in [-0.15, -0.1) is 0 Å². The average Bonchev–Trinajstić information content (AvgIpc) is 2.07. The van der Waals surface area contributed by atoms with Crippen molar-refractivity contribution in [3.63, 3.8) is 0 Å². The minimum atomic E-state index is -1.14. The number of aromatic carboxylic acids is 1. The van der Waals surface area contributed by atoms with Gasteiger partial charge in [0, 0.05) is 5.02 Å². The zero-order valence-corrected chi connectivity index (χ0v) is 8.28. The third-order valence-electron chi connectivity index (χ3n) is 1.72. The van der Waals surface area contributed by atoms with Crippen LogP contribution in [0.3, 0.4) is 0 Å². The zero-order chi connectivity index (χ0) is 10.2. The highest BCUT2D eigenvalue weighted by Gasteiger charge is 2.15. The number of carboxylic acid groups (broad SMARTS) is 1. The van der Waals surface area contributed by atoms with Crippen LogP contribution in [0, 0.1) is 6.92 Å². The van der Waals surface area contributed by atoms with Crippen molar-refractivity contribution in [1.82, 2.24) is 0 Å². The van der Waals surface area contributed by atoms with Crippen LogP contribution in [0.15, 0.2) is 6.07 Å². The smallest absolute Gasteiger partial charge is 0.337 e. The van der Waals surface area contributed by atoms with Crippen molar-refractivity contribution in [3.8, 4) is 0 Å². The molecule has 70 valence electrons. The Balaban J connectivity index is 3.50. The molecule has 0 radical (unpaired) electrons. The number of rotatable bonds is 1. The maximum absolute atomic E-state index is 10.6. The Morgan fingerprint density at radius 1 is 1.54 bits per heavy atom. The van der Waals surface area contributed by atoms with Gasteiger partial charge in [-0.05, 0) is 18.6 Å². The molecule has 0 heterocycles. The van der Waals surface area contributed by atoms with Gasteiger partial charge in [-0.25, -0.2) is 4.79 Å². The van der Waals surface area contributed by atoms with E-state index in [4.69, 9.17) is 34.0 Å². The molecule has 1 rings (SSSR count). The lowest BCUT2D eigenvalue weighted by Crippen LogP contribution is -2.04. The largest absolute Gasteiger partial charge is 0.478 e. The third-order valence-corrected chi connectivity index (χ3v) is 2.60. The number of carboxylic acids is 1. The van der Waals surface area contributed by atoms with Gasteiger partial charge in [0.15, 0.2) is 0 Å². The van der Waals surface area contributed by atoms with Gasteiger partial charge < -0.3 is 10.8 Å². The summed E-state index contributed by atoms with van der Waals surface area (Å²) in [5, 5.41) is 9.21. The summed E-state index contributed by atoms with van der Waals surface area (Å²) in [7, 11) is 0. The second-order valence-electron chi connectivity index (χ2n) is 2.56. The number of hydrogen-bond donors (Lipinski definition) is 2. The van der Waals surface area contributed by atoms with E-state index in [1.807, 2.05) is 0 Å². The van der Waals surface area contributed by atoms with Crippen molar-refractivity contribution in [2.24, 2.45) is 0 Å². The topological polar surface area (TPSA) is 63.3 Å². The van der Waals surface area contributed by atoms with Crippen LogP contribution in [0.25, 0.3) is 0 Å². The van der Waals surface area contributed by atoms with E-state index in [9.17, 15) is 4.79 Å². The molecule has 0 bridgehead atoms. The van der Waals surface area contributed by atoms with Gasteiger partial charge in [0.2, 0.25) is 0 Å². The molecule has 0 aliphatic rings. The van der Waals surface area contributed by atoms with Crippen LogP contribution in [0.2, 0.25) is 10.0 Å². The van der Waals surface area contributed by atoms with Crippen molar-refractivity contribution in [2.45, 2.75) is 6.92 Å². The number of benzene rings is 1. The molecule has 0 amide bonds. The summed E-state index contributed by atoms with van der Waals surface area (Å²) < 4.78 is 0. The summed E-state index contributed by atoms with van der Waals surface area (Å²) >= 11 is 11.5. The van der Waals surface area contributed by atoms with E-state index in [1.54, 1.807) is 6.92 Å². The first-order chi connectivity index (χ1) is 5.95. The van der Waals surface area contributed by atoms with Gasteiger partial charge in [0.05, 0.1) is 16.3 Å². The molecule has 3 nitrogen and oxygen atoms in total. The van der Waals surface area contributed by atoms with Crippen molar-refractivity contribution in [1.29, 1.82) is 0 Å². The summed E-state index contributed by atoms with van der Waals surface area (Å²) in [6.45, 7) is 1.67. The first-order valence-corrected chi connectivity index (χ1v) is 4.18. The van der Waals surface area contributed by atoms with Crippen LogP contribution in [0.1, 0.15) is 15.9 Å². The van der Waals surface area contributed by atoms with Crippen LogP contribution in [0.4, 0.5) is 5.69 Å². The second kappa shape index (κ2) is 3.44. The van der Waals surface area contributed by atoms with Crippen molar-refractivity contribution in [3.05, 3.63) is 27.2 Å². The lowest BCUT2D eigenvalue weighted by Gasteiger charge is -2.07. The Kier molecular flexibility index (Phi) is 2.68. The molecule has 0 aliphatic carbocycles. The fourth-order valence-electron chi connectivity index (χ4n) is 0.915. The molecule has 1 aromatic carbocycles. The Morgan fingerprint density at radius 2 is 2.08 bits per heavy atom. The maximum atomic E-state index is 10.6. The normalized spacial score (nSPS) is 10.1. The Labute approximate surface area is 85.1 Å². The summed E-state index contributed by atoms with van der Waals surface area (Å²) in [6, 6.07) is 1.29. The monoisotopic (exact) mass is 219 g/mol. The van der Waals surface area contributed by atoms with Crippen molar-refractivity contribution in [2.75, 3.05) is 5.73 Å². The Morgan fingerprint density at radius 3 is 2.54 bits per heavy atom. The first-order valence-electron chi connectivity index (χ1n) is 3.42. The number of hydrogen-bond acceptors (Lipinski definition) is 2. The predicted octanol–water partition coefficient (Wildman–Crippen LogP) is 2.58. The highest BCUT2D eigenvalue weighted by Crippen LogP contribution is 2.32. The summed E-state index contributed by atoms with van der Waals surface area (Å²) in [6.07, 6.45) is 0. The molecule has 0 fully saturated rings. The predicted molar refractivity (Wildman–Crippen MR) is 52.6 cm³/mol. The summed E-state index contributed by atoms with van der Waals surface area (Å²) in [5.41, 5.74) is 6.05. The summed E-state index contributed by atoms with van der Waals surface area (Å²) in [5.74, 6) is -1.14. The molecule has 1 aromatic rings. The zero-order valence-electron chi connectivity index (χ0n) is 6.77. The number of nitrogens with two attached hydrogens (primary N) is 1. The van der Waals surface area contributed by atoms with E-state index < -0.39 is 5.97 Å². The van der Waals surface area contributed by atoms with Gasteiger partial charge in [0.1, 0.15) is 0 Å². The molecule has 0 unspecified atom stereocenters. The number of anilines is 1. The lowest BCUT2D eigenvalue weighted by atomic mass is 10.1. The third kappa shape index (κ3) is 1.71. The molecular weight excluding hydrogens is 213 g/mol. The first kappa shape index (κ1) is 10.2. The van der Waals surface area contributed by atoms with Crippen LogP contribution >= 0.6 is 23.2 Å². The fraction of sp³-hybridized carbons (Fsp3) is 0.125. The molecule has 0 aromatic heterocycles. The number of carbonyl (C=O) groups is 1. The van der Waals surface area contributed by atoms with Crippen LogP contribution in [-0.4, -0.2) is 11.1 Å². The fourth-order valence-corrected chi connectivity index (χ4v) is 1.37. The van der Waals surface area contributed by atoms with Crippen LogP contribution < -0.4 is 5.73 Å². The molecule has 0 saturated heterocycles. The Bertz CT molecular complexity index is 377. The SMILES string of the molecule is Cc1c(Cl)cc(C(=O)O)c(N)c1Cl. The average molecular weight is 220 g/mol. The van der Waals surface area contributed by atoms with E-state index in [1.165, 1.54) is 6.07 Å². The van der Waals surface area contributed by atoms with E-state index in [-0.39, 0.29) is 16.3 Å². The molecule has 5 heteroatoms. The molecule has 0 aliphatic heterocycles.